The van der Waals surface area contributed by atoms with Crippen molar-refractivity contribution in [1.29, 1.82) is 0 Å². The number of anilines is 1. The molecule has 0 bridgehead atoms. The Morgan fingerprint density at radius 3 is 2.73 bits per heavy atom. The van der Waals surface area contributed by atoms with E-state index in [1.165, 1.54) is 11.3 Å². The lowest BCUT2D eigenvalue weighted by Gasteiger charge is -2.10. The summed E-state index contributed by atoms with van der Waals surface area (Å²) in [6.45, 7) is 10.9. The average molecular weight is 320 g/mol. The molecule has 0 aliphatic rings. The number of hydrogen-bond acceptors (Lipinski definition) is 3. The molecular weight excluding hydrogens is 296 g/mol. The third-order valence-corrected chi connectivity index (χ3v) is 3.65. The Morgan fingerprint density at radius 2 is 2.09 bits per heavy atom. The van der Waals surface area contributed by atoms with E-state index in [4.69, 9.17) is 12.2 Å². The second kappa shape index (κ2) is 7.40. The van der Waals surface area contributed by atoms with Crippen molar-refractivity contribution in [2.45, 2.75) is 40.8 Å². The zero-order valence-electron chi connectivity index (χ0n) is 13.6. The molecule has 6 nitrogen and oxygen atoms in total. The zero-order chi connectivity index (χ0) is 16.1. The lowest BCUT2D eigenvalue weighted by Crippen LogP contribution is -2.31. The van der Waals surface area contributed by atoms with E-state index in [1.807, 2.05) is 21.8 Å². The van der Waals surface area contributed by atoms with E-state index in [-0.39, 0.29) is 0 Å². The minimum Gasteiger partial charge on any atom is -0.362 e. The van der Waals surface area contributed by atoms with Crippen LogP contribution in [0.25, 0.3) is 0 Å². The van der Waals surface area contributed by atoms with Gasteiger partial charge in [-0.25, -0.2) is 0 Å². The summed E-state index contributed by atoms with van der Waals surface area (Å²) in [5.74, 6) is 0.556. The van der Waals surface area contributed by atoms with Crippen LogP contribution in [-0.2, 0) is 13.1 Å². The van der Waals surface area contributed by atoms with Gasteiger partial charge in [0, 0.05) is 30.5 Å². The van der Waals surface area contributed by atoms with Crippen molar-refractivity contribution in [2.75, 3.05) is 11.9 Å². The van der Waals surface area contributed by atoms with Gasteiger partial charge in [0.2, 0.25) is 0 Å². The molecule has 0 amide bonds. The molecule has 0 atom stereocenters. The van der Waals surface area contributed by atoms with Crippen molar-refractivity contribution in [1.82, 2.24) is 24.9 Å². The molecule has 22 heavy (non-hydrogen) atoms. The van der Waals surface area contributed by atoms with Crippen LogP contribution in [0.4, 0.5) is 5.69 Å². The van der Waals surface area contributed by atoms with Crippen molar-refractivity contribution < 1.29 is 0 Å². The number of aryl methyl sites for hydroxylation is 1. The van der Waals surface area contributed by atoms with Gasteiger partial charge in [0.1, 0.15) is 0 Å². The molecule has 0 spiro atoms. The number of rotatable bonds is 6. The summed E-state index contributed by atoms with van der Waals surface area (Å²) in [5.41, 5.74) is 3.25. The lowest BCUT2D eigenvalue weighted by atomic mass is 10.2. The number of nitrogens with one attached hydrogen (secondary N) is 2. The van der Waals surface area contributed by atoms with Crippen LogP contribution in [-0.4, -0.2) is 31.2 Å². The molecule has 0 unspecified atom stereocenters. The minimum atomic E-state index is 0.556. The second-order valence-corrected chi connectivity index (χ2v) is 6.13. The molecule has 2 rings (SSSR count). The first-order valence-electron chi connectivity index (χ1n) is 7.58. The Bertz CT molecular complexity index is 628. The van der Waals surface area contributed by atoms with Gasteiger partial charge in [0.25, 0.3) is 0 Å². The average Bonchev–Trinajstić information content (AvgIpc) is 3.05. The molecular formula is C15H24N6S. The van der Waals surface area contributed by atoms with Gasteiger partial charge >= 0.3 is 0 Å². The predicted octanol–water partition coefficient (Wildman–Crippen LogP) is 2.40. The Morgan fingerprint density at radius 1 is 1.32 bits per heavy atom. The first kappa shape index (κ1) is 16.5. The molecule has 2 heterocycles. The maximum atomic E-state index is 5.26. The highest BCUT2D eigenvalue weighted by Crippen LogP contribution is 2.11. The fourth-order valence-electron chi connectivity index (χ4n) is 2.12. The summed E-state index contributed by atoms with van der Waals surface area (Å²) in [4.78, 5) is 0. The molecule has 0 aromatic carbocycles. The smallest absolute Gasteiger partial charge is 0.170 e. The van der Waals surface area contributed by atoms with Crippen LogP contribution in [0, 0.1) is 12.8 Å². The molecule has 0 fully saturated rings. The van der Waals surface area contributed by atoms with Crippen molar-refractivity contribution in [3.8, 4) is 0 Å². The van der Waals surface area contributed by atoms with E-state index in [0.717, 1.165) is 18.8 Å². The standard InChI is InChI=1S/C15H24N6S/c1-5-21-12(4)13(7-18-21)9-20-10-14(8-17-20)19-15(22)16-6-11(2)3/h7-8,10-11H,5-6,9H2,1-4H3,(H2,16,19,22). The molecule has 0 saturated heterocycles. The SMILES string of the molecule is CCn1ncc(Cn2cc(NC(=S)NCC(C)C)cn2)c1C. The summed E-state index contributed by atoms with van der Waals surface area (Å²) in [6.07, 6.45) is 5.64. The van der Waals surface area contributed by atoms with Gasteiger partial charge < -0.3 is 10.6 Å². The molecule has 7 heteroatoms. The second-order valence-electron chi connectivity index (χ2n) is 5.73. The van der Waals surface area contributed by atoms with Gasteiger partial charge in [-0.3, -0.25) is 9.36 Å². The van der Waals surface area contributed by atoms with Gasteiger partial charge in [-0.15, -0.1) is 0 Å². The van der Waals surface area contributed by atoms with E-state index in [0.29, 0.717) is 17.6 Å². The highest BCUT2D eigenvalue weighted by atomic mass is 32.1. The maximum Gasteiger partial charge on any atom is 0.170 e. The van der Waals surface area contributed by atoms with Crippen molar-refractivity contribution in [3.05, 3.63) is 29.8 Å². The van der Waals surface area contributed by atoms with Crippen LogP contribution in [0.3, 0.4) is 0 Å². The molecule has 2 aromatic rings. The molecule has 0 saturated carbocycles. The van der Waals surface area contributed by atoms with Crippen LogP contribution in [0.2, 0.25) is 0 Å². The molecule has 0 radical (unpaired) electrons. The largest absolute Gasteiger partial charge is 0.362 e. The summed E-state index contributed by atoms with van der Waals surface area (Å²) < 4.78 is 3.88. The zero-order valence-corrected chi connectivity index (χ0v) is 14.4. The monoisotopic (exact) mass is 320 g/mol. The highest BCUT2D eigenvalue weighted by molar-refractivity contribution is 7.80. The van der Waals surface area contributed by atoms with Gasteiger partial charge in [0.15, 0.2) is 5.11 Å². The first-order valence-corrected chi connectivity index (χ1v) is 7.99. The molecule has 0 aliphatic heterocycles. The highest BCUT2D eigenvalue weighted by Gasteiger charge is 2.07. The predicted molar refractivity (Wildman–Crippen MR) is 93.0 cm³/mol. The van der Waals surface area contributed by atoms with Crippen LogP contribution in [0.5, 0.6) is 0 Å². The van der Waals surface area contributed by atoms with Crippen LogP contribution in [0.1, 0.15) is 32.0 Å². The molecule has 2 aromatic heterocycles. The Balaban J connectivity index is 1.93. The summed E-state index contributed by atoms with van der Waals surface area (Å²) in [5, 5.41) is 15.7. The van der Waals surface area contributed by atoms with E-state index >= 15 is 0 Å². The molecule has 0 aliphatic carbocycles. The fraction of sp³-hybridized carbons (Fsp3) is 0.533. The number of nitrogens with zero attached hydrogens (tertiary/aromatic N) is 4. The van der Waals surface area contributed by atoms with Gasteiger partial charge in [-0.1, -0.05) is 13.8 Å². The first-order chi connectivity index (χ1) is 10.5. The maximum absolute atomic E-state index is 5.26. The summed E-state index contributed by atoms with van der Waals surface area (Å²) >= 11 is 5.26. The van der Waals surface area contributed by atoms with E-state index in [1.54, 1.807) is 6.20 Å². The van der Waals surface area contributed by atoms with Gasteiger partial charge in [0.05, 0.1) is 24.6 Å². The topological polar surface area (TPSA) is 59.7 Å². The number of hydrogen-bond donors (Lipinski definition) is 2. The van der Waals surface area contributed by atoms with E-state index < -0.39 is 0 Å². The van der Waals surface area contributed by atoms with Gasteiger partial charge in [-0.05, 0) is 32.0 Å². The Hall–Kier alpha value is -1.89. The Kier molecular flexibility index (Phi) is 5.54. The lowest BCUT2D eigenvalue weighted by molar-refractivity contribution is 0.627. The van der Waals surface area contributed by atoms with Crippen molar-refractivity contribution >= 4 is 23.0 Å². The quantitative estimate of drug-likeness (QED) is 0.800. The Labute approximate surface area is 136 Å². The van der Waals surface area contributed by atoms with Crippen LogP contribution in [0.15, 0.2) is 18.6 Å². The third-order valence-electron chi connectivity index (χ3n) is 3.40. The van der Waals surface area contributed by atoms with Gasteiger partial charge in [-0.2, -0.15) is 10.2 Å². The van der Waals surface area contributed by atoms with Crippen molar-refractivity contribution in [2.24, 2.45) is 5.92 Å². The summed E-state index contributed by atoms with van der Waals surface area (Å²) in [7, 11) is 0. The van der Waals surface area contributed by atoms with Crippen LogP contribution >= 0.6 is 12.2 Å². The molecule has 120 valence electrons. The van der Waals surface area contributed by atoms with E-state index in [9.17, 15) is 0 Å². The van der Waals surface area contributed by atoms with Crippen molar-refractivity contribution in [3.63, 3.8) is 0 Å². The third kappa shape index (κ3) is 4.30. The fourth-order valence-corrected chi connectivity index (χ4v) is 2.32. The normalized spacial score (nSPS) is 11.0. The summed E-state index contributed by atoms with van der Waals surface area (Å²) in [6, 6.07) is 0. The number of aromatic nitrogens is 4. The number of thiocarbonyl (C=S) groups is 1. The minimum absolute atomic E-state index is 0.556. The van der Waals surface area contributed by atoms with E-state index in [2.05, 4.69) is 48.5 Å². The van der Waals surface area contributed by atoms with Crippen LogP contribution < -0.4 is 10.6 Å². The molecule has 2 N–H and O–H groups in total.